The molecule has 138 valence electrons. The second-order valence-corrected chi connectivity index (χ2v) is 8.23. The van der Waals surface area contributed by atoms with Gasteiger partial charge >= 0.3 is 5.97 Å². The van der Waals surface area contributed by atoms with Gasteiger partial charge in [-0.2, -0.15) is 0 Å². The van der Waals surface area contributed by atoms with Crippen molar-refractivity contribution in [3.8, 4) is 0 Å². The molecule has 2 aromatic heterocycles. The number of nitrogens with zero attached hydrogens (tertiary/aromatic N) is 2. The Labute approximate surface area is 151 Å². The zero-order valence-electron chi connectivity index (χ0n) is 14.9. The van der Waals surface area contributed by atoms with E-state index in [9.17, 15) is 9.90 Å². The number of rotatable bonds is 4. The summed E-state index contributed by atoms with van der Waals surface area (Å²) in [5.41, 5.74) is 1.99. The number of hydrogen-bond acceptors (Lipinski definition) is 6. The van der Waals surface area contributed by atoms with Crippen LogP contribution >= 0.6 is 0 Å². The monoisotopic (exact) mass is 356 g/mol. The average molecular weight is 356 g/mol. The summed E-state index contributed by atoms with van der Waals surface area (Å²) in [6, 6.07) is 0.252. The fraction of sp³-hybridized carbons (Fsp3) is 0.632. The minimum atomic E-state index is -0.474. The molecule has 0 radical (unpaired) electrons. The first-order chi connectivity index (χ1) is 12.6. The number of anilines is 1. The Bertz CT molecular complexity index is 848. The van der Waals surface area contributed by atoms with Crippen LogP contribution in [0, 0.1) is 17.8 Å². The standard InChI is InChI=1S/C19H24N4O3/c1-2-26-18(24)13-8-20-17-16(21-9-22-17)15(13)23-14-11-3-10-4-12(14)7-19(25,5-10)6-11/h8-12,14,25H,2-7H2,1H3,(H2,20,21,22,23)/t10?,11-,12+,14?,19-. The van der Waals surface area contributed by atoms with Gasteiger partial charge in [-0.1, -0.05) is 0 Å². The largest absolute Gasteiger partial charge is 0.462 e. The molecule has 0 amide bonds. The molecule has 7 heteroatoms. The minimum absolute atomic E-state index is 0.252. The van der Waals surface area contributed by atoms with Gasteiger partial charge in [0.15, 0.2) is 5.65 Å². The Morgan fingerprint density at radius 3 is 2.81 bits per heavy atom. The van der Waals surface area contributed by atoms with Crippen LogP contribution in [0.1, 0.15) is 49.4 Å². The third-order valence-corrected chi connectivity index (χ3v) is 6.50. The second kappa shape index (κ2) is 5.67. The van der Waals surface area contributed by atoms with E-state index in [1.165, 1.54) is 0 Å². The van der Waals surface area contributed by atoms with Crippen molar-refractivity contribution in [1.82, 2.24) is 15.0 Å². The zero-order chi connectivity index (χ0) is 17.9. The molecule has 0 aromatic carbocycles. The smallest absolute Gasteiger partial charge is 0.341 e. The summed E-state index contributed by atoms with van der Waals surface area (Å²) >= 11 is 0. The maximum absolute atomic E-state index is 12.4. The van der Waals surface area contributed by atoms with Gasteiger partial charge in [0.05, 0.1) is 24.2 Å². The molecule has 5 atom stereocenters. The fourth-order valence-electron chi connectivity index (χ4n) is 5.78. The van der Waals surface area contributed by atoms with Gasteiger partial charge in [0.2, 0.25) is 0 Å². The number of H-pyrrole nitrogens is 1. The lowest BCUT2D eigenvalue weighted by Gasteiger charge is -2.58. The Kier molecular flexibility index (Phi) is 3.50. The number of nitrogens with one attached hydrogen (secondary N) is 2. The van der Waals surface area contributed by atoms with Crippen LogP contribution in [-0.4, -0.2) is 44.3 Å². The molecule has 4 fully saturated rings. The van der Waals surface area contributed by atoms with Crippen LogP contribution in [-0.2, 0) is 4.74 Å². The van der Waals surface area contributed by atoms with E-state index in [1.54, 1.807) is 19.4 Å². The van der Waals surface area contributed by atoms with Crippen molar-refractivity contribution in [2.24, 2.45) is 17.8 Å². The van der Waals surface area contributed by atoms with Crippen LogP contribution in [0.25, 0.3) is 11.2 Å². The highest BCUT2D eigenvalue weighted by molar-refractivity contribution is 6.02. The van der Waals surface area contributed by atoms with Gasteiger partial charge < -0.3 is 20.1 Å². The molecule has 0 spiro atoms. The lowest BCUT2D eigenvalue weighted by Crippen LogP contribution is -2.59. The van der Waals surface area contributed by atoms with Crippen LogP contribution in [0.15, 0.2) is 12.5 Å². The molecule has 4 aliphatic carbocycles. The Morgan fingerprint density at radius 2 is 2.12 bits per heavy atom. The molecular weight excluding hydrogens is 332 g/mol. The van der Waals surface area contributed by atoms with Gasteiger partial charge in [-0.15, -0.1) is 0 Å². The third kappa shape index (κ3) is 2.40. The van der Waals surface area contributed by atoms with Gasteiger partial charge in [-0.25, -0.2) is 14.8 Å². The number of fused-ring (bicyclic) bond motifs is 1. The number of carbonyl (C=O) groups excluding carboxylic acids is 1. The summed E-state index contributed by atoms with van der Waals surface area (Å²) < 4.78 is 5.22. The molecule has 26 heavy (non-hydrogen) atoms. The Balaban J connectivity index is 1.52. The second-order valence-electron chi connectivity index (χ2n) is 8.23. The number of aromatic amines is 1. The number of ether oxygens (including phenoxy) is 1. The highest BCUT2D eigenvalue weighted by Gasteiger charge is 2.54. The highest BCUT2D eigenvalue weighted by atomic mass is 16.5. The topological polar surface area (TPSA) is 100 Å². The van der Waals surface area contributed by atoms with Crippen molar-refractivity contribution in [3.63, 3.8) is 0 Å². The van der Waals surface area contributed by atoms with Crippen molar-refractivity contribution in [3.05, 3.63) is 18.1 Å². The SMILES string of the molecule is CCOC(=O)c1cnc2[nH]cnc2c1NC1[C@@H]2CC3C[C@H]1C[C@@](O)(C3)C2. The van der Waals surface area contributed by atoms with Gasteiger partial charge in [-0.05, 0) is 56.8 Å². The summed E-state index contributed by atoms with van der Waals surface area (Å²) in [5.74, 6) is 1.13. The molecular formula is C19H24N4O3. The van der Waals surface area contributed by atoms with Crippen LogP contribution in [0.3, 0.4) is 0 Å². The van der Waals surface area contributed by atoms with E-state index in [0.29, 0.717) is 46.8 Å². The highest BCUT2D eigenvalue weighted by Crippen LogP contribution is 2.56. The maximum Gasteiger partial charge on any atom is 0.341 e. The normalized spacial score (nSPS) is 35.0. The molecule has 0 aliphatic heterocycles. The van der Waals surface area contributed by atoms with Crippen LogP contribution in [0.2, 0.25) is 0 Å². The van der Waals surface area contributed by atoms with Gasteiger partial charge in [0.25, 0.3) is 0 Å². The molecule has 0 saturated heterocycles. The molecule has 2 aromatic rings. The first-order valence-electron chi connectivity index (χ1n) is 9.54. The van der Waals surface area contributed by atoms with Crippen molar-refractivity contribution < 1.29 is 14.6 Å². The molecule has 4 aliphatic rings. The first kappa shape index (κ1) is 16.1. The number of pyridine rings is 1. The summed E-state index contributed by atoms with van der Waals surface area (Å²) in [4.78, 5) is 24.1. The number of carbonyl (C=O) groups is 1. The van der Waals surface area contributed by atoms with Crippen LogP contribution in [0.5, 0.6) is 0 Å². The van der Waals surface area contributed by atoms with Crippen LogP contribution in [0.4, 0.5) is 5.69 Å². The van der Waals surface area contributed by atoms with Gasteiger partial charge in [0.1, 0.15) is 11.1 Å². The number of aliphatic hydroxyl groups is 1. The lowest BCUT2D eigenvalue weighted by atomic mass is 9.52. The Hall–Kier alpha value is -2.15. The van der Waals surface area contributed by atoms with Crippen LogP contribution < -0.4 is 5.32 Å². The van der Waals surface area contributed by atoms with Gasteiger partial charge in [0, 0.05) is 12.2 Å². The van der Waals surface area contributed by atoms with Crippen molar-refractivity contribution in [1.29, 1.82) is 0 Å². The predicted molar refractivity (Wildman–Crippen MR) is 95.8 cm³/mol. The molecule has 4 bridgehead atoms. The lowest BCUT2D eigenvalue weighted by molar-refractivity contribution is -0.129. The number of hydrogen-bond donors (Lipinski definition) is 3. The van der Waals surface area contributed by atoms with E-state index in [-0.39, 0.29) is 12.0 Å². The summed E-state index contributed by atoms with van der Waals surface area (Å²) in [6.07, 6.45) is 8.11. The average Bonchev–Trinajstić information content (AvgIpc) is 3.05. The number of esters is 1. The van der Waals surface area contributed by atoms with E-state index >= 15 is 0 Å². The van der Waals surface area contributed by atoms with E-state index in [0.717, 1.165) is 32.1 Å². The minimum Gasteiger partial charge on any atom is -0.462 e. The van der Waals surface area contributed by atoms with Crippen molar-refractivity contribution in [2.45, 2.75) is 50.7 Å². The summed E-state index contributed by atoms with van der Waals surface area (Å²) in [5, 5.41) is 14.5. The quantitative estimate of drug-likeness (QED) is 0.728. The van der Waals surface area contributed by atoms with Gasteiger partial charge in [-0.3, -0.25) is 0 Å². The van der Waals surface area contributed by atoms with E-state index in [4.69, 9.17) is 4.74 Å². The molecule has 6 rings (SSSR count). The van der Waals surface area contributed by atoms with Crippen molar-refractivity contribution in [2.75, 3.05) is 11.9 Å². The van der Waals surface area contributed by atoms with E-state index in [2.05, 4.69) is 20.3 Å². The van der Waals surface area contributed by atoms with Crippen molar-refractivity contribution >= 4 is 22.8 Å². The zero-order valence-corrected chi connectivity index (χ0v) is 14.9. The fourth-order valence-corrected chi connectivity index (χ4v) is 5.78. The van der Waals surface area contributed by atoms with E-state index in [1.807, 2.05) is 0 Å². The third-order valence-electron chi connectivity index (χ3n) is 6.50. The predicted octanol–water partition coefficient (Wildman–Crippen LogP) is 2.49. The number of imidazole rings is 1. The number of aromatic nitrogens is 3. The summed E-state index contributed by atoms with van der Waals surface area (Å²) in [7, 11) is 0. The molecule has 7 nitrogen and oxygen atoms in total. The first-order valence-corrected chi connectivity index (χ1v) is 9.54. The molecule has 4 saturated carbocycles. The Morgan fingerprint density at radius 1 is 1.35 bits per heavy atom. The summed E-state index contributed by atoms with van der Waals surface area (Å²) in [6.45, 7) is 2.12. The molecule has 2 unspecified atom stereocenters. The molecule has 3 N–H and O–H groups in total. The van der Waals surface area contributed by atoms with E-state index < -0.39 is 5.60 Å². The maximum atomic E-state index is 12.4. The molecule has 2 heterocycles.